The Bertz CT molecular complexity index is 101. The van der Waals surface area contributed by atoms with Crippen LogP contribution in [-0.4, -0.2) is 19.2 Å². The summed E-state index contributed by atoms with van der Waals surface area (Å²) < 4.78 is 4.59. The molecule has 0 heterocycles. The van der Waals surface area contributed by atoms with Crippen LogP contribution in [0.5, 0.6) is 0 Å². The van der Waals surface area contributed by atoms with Crippen molar-refractivity contribution in [2.75, 3.05) is 13.2 Å². The molecule has 0 aromatic rings. The first-order valence-electron chi connectivity index (χ1n) is 3.47. The van der Waals surface area contributed by atoms with Gasteiger partial charge in [0.05, 0.1) is 5.92 Å². The zero-order valence-corrected chi connectivity index (χ0v) is 6.42. The maximum atomic E-state index is 10.8. The lowest BCUT2D eigenvalue weighted by atomic mass is 10.1. The zero-order valence-electron chi connectivity index (χ0n) is 6.42. The fourth-order valence-electron chi connectivity index (χ4n) is 0.451. The Morgan fingerprint density at radius 2 is 2.20 bits per heavy atom. The zero-order chi connectivity index (χ0) is 7.98. The lowest BCUT2D eigenvalue weighted by Crippen LogP contribution is -2.15. The summed E-state index contributed by atoms with van der Waals surface area (Å²) in [6.07, 6.45) is 0.762. The van der Waals surface area contributed by atoms with E-state index in [1.807, 2.05) is 6.92 Å². The van der Waals surface area contributed by atoms with E-state index in [9.17, 15) is 9.90 Å². The molecule has 0 aliphatic carbocycles. The molecule has 0 saturated carbocycles. The van der Waals surface area contributed by atoms with Gasteiger partial charge in [-0.2, -0.15) is 0 Å². The number of carbonyl (C=O) groups is 1. The second kappa shape index (κ2) is 5.23. The van der Waals surface area contributed by atoms with Crippen molar-refractivity contribution in [3.63, 3.8) is 0 Å². The summed E-state index contributed by atoms with van der Waals surface area (Å²) in [6.45, 7) is 3.35. The molecular formula is C7H13O3. The monoisotopic (exact) mass is 145 g/mol. The summed E-state index contributed by atoms with van der Waals surface area (Å²) in [4.78, 5) is 10.8. The Hall–Kier alpha value is -0.570. The Labute approximate surface area is 61.0 Å². The van der Waals surface area contributed by atoms with Crippen molar-refractivity contribution in [2.24, 2.45) is 5.92 Å². The second-order valence-corrected chi connectivity index (χ2v) is 2.18. The molecule has 0 spiro atoms. The number of carbonyl (C=O) groups excluding carboxylic acids is 1. The molecule has 0 aliphatic rings. The van der Waals surface area contributed by atoms with Crippen LogP contribution < -0.4 is 0 Å². The van der Waals surface area contributed by atoms with E-state index < -0.39 is 0 Å². The molecule has 0 saturated heterocycles. The number of rotatable bonds is 4. The fraction of sp³-hybridized carbons (Fsp3) is 0.857. The van der Waals surface area contributed by atoms with Crippen molar-refractivity contribution in [3.05, 3.63) is 0 Å². The van der Waals surface area contributed by atoms with Gasteiger partial charge in [0, 0.05) is 0 Å². The largest absolute Gasteiger partial charge is 0.463 e. The topological polar surface area (TPSA) is 46.2 Å². The maximum Gasteiger partial charge on any atom is 0.308 e. The number of ether oxygens (including phenoxy) is 1. The lowest BCUT2D eigenvalue weighted by molar-refractivity contribution is -0.149. The molecule has 0 N–H and O–H groups in total. The molecule has 3 nitrogen and oxygen atoms in total. The van der Waals surface area contributed by atoms with E-state index in [-0.39, 0.29) is 25.1 Å². The molecule has 0 aromatic heterocycles. The Morgan fingerprint density at radius 1 is 1.60 bits per heavy atom. The second-order valence-electron chi connectivity index (χ2n) is 2.18. The lowest BCUT2D eigenvalue weighted by Gasteiger charge is -2.06. The van der Waals surface area contributed by atoms with E-state index in [0.29, 0.717) is 0 Å². The molecule has 10 heavy (non-hydrogen) atoms. The normalized spacial score (nSPS) is 12.7. The molecule has 0 bridgehead atoms. The number of esters is 1. The molecule has 0 amide bonds. The van der Waals surface area contributed by atoms with Crippen LogP contribution in [0.25, 0.3) is 0 Å². The van der Waals surface area contributed by atoms with Crippen LogP contribution in [-0.2, 0) is 14.6 Å². The standard InChI is InChI=1S/C7H13O3/c1-3-6(2)7(9)10-5-4-8/h6H,3-5H2,1-2H3. The molecule has 59 valence electrons. The first kappa shape index (κ1) is 9.43. The smallest absolute Gasteiger partial charge is 0.308 e. The van der Waals surface area contributed by atoms with Crippen molar-refractivity contribution < 1.29 is 14.6 Å². The molecule has 1 unspecified atom stereocenters. The Morgan fingerprint density at radius 3 is 2.60 bits per heavy atom. The maximum absolute atomic E-state index is 10.8. The highest BCUT2D eigenvalue weighted by Crippen LogP contribution is 2.02. The van der Waals surface area contributed by atoms with E-state index in [4.69, 9.17) is 0 Å². The molecule has 1 atom stereocenters. The molecular weight excluding hydrogens is 132 g/mol. The predicted octanol–water partition coefficient (Wildman–Crippen LogP) is 1.01. The van der Waals surface area contributed by atoms with Gasteiger partial charge in [-0.3, -0.25) is 4.79 Å². The van der Waals surface area contributed by atoms with Crippen molar-refractivity contribution in [3.8, 4) is 0 Å². The third kappa shape index (κ3) is 3.45. The average molecular weight is 145 g/mol. The highest BCUT2D eigenvalue weighted by Gasteiger charge is 2.10. The van der Waals surface area contributed by atoms with E-state index in [1.165, 1.54) is 0 Å². The predicted molar refractivity (Wildman–Crippen MR) is 36.0 cm³/mol. The van der Waals surface area contributed by atoms with Gasteiger partial charge in [-0.15, -0.1) is 0 Å². The van der Waals surface area contributed by atoms with Gasteiger partial charge in [-0.05, 0) is 6.42 Å². The number of hydrogen-bond acceptors (Lipinski definition) is 2. The van der Waals surface area contributed by atoms with Crippen LogP contribution in [0.15, 0.2) is 0 Å². The van der Waals surface area contributed by atoms with Crippen LogP contribution in [0.1, 0.15) is 20.3 Å². The van der Waals surface area contributed by atoms with E-state index in [1.54, 1.807) is 6.92 Å². The summed E-state index contributed by atoms with van der Waals surface area (Å²) in [5.41, 5.74) is 0. The average Bonchev–Trinajstić information content (AvgIpc) is 1.98. The minimum absolute atomic E-state index is 0.00315. The van der Waals surface area contributed by atoms with E-state index in [0.717, 1.165) is 6.42 Å². The highest BCUT2D eigenvalue weighted by atomic mass is 16.5. The molecule has 3 heteroatoms. The first-order chi connectivity index (χ1) is 4.72. The molecule has 0 aromatic carbocycles. The molecule has 0 fully saturated rings. The van der Waals surface area contributed by atoms with Gasteiger partial charge in [0.15, 0.2) is 0 Å². The van der Waals surface area contributed by atoms with Crippen molar-refractivity contribution >= 4 is 5.97 Å². The van der Waals surface area contributed by atoms with Crippen molar-refractivity contribution in [1.29, 1.82) is 0 Å². The molecule has 1 radical (unpaired) electrons. The van der Waals surface area contributed by atoms with E-state index in [2.05, 4.69) is 4.74 Å². The summed E-state index contributed by atoms with van der Waals surface area (Å²) in [7, 11) is 0. The van der Waals surface area contributed by atoms with Gasteiger partial charge in [0.25, 0.3) is 0 Å². The third-order valence-electron chi connectivity index (χ3n) is 1.34. The van der Waals surface area contributed by atoms with Crippen LogP contribution in [0.4, 0.5) is 0 Å². The van der Waals surface area contributed by atoms with Crippen molar-refractivity contribution in [2.45, 2.75) is 20.3 Å². The minimum atomic E-state index is -0.345. The summed E-state index contributed by atoms with van der Waals surface area (Å²) in [5.74, 6) is -0.343. The Kier molecular flexibility index (Phi) is 4.94. The van der Waals surface area contributed by atoms with Gasteiger partial charge in [0.2, 0.25) is 0 Å². The van der Waals surface area contributed by atoms with Gasteiger partial charge < -0.3 is 4.74 Å². The van der Waals surface area contributed by atoms with Crippen LogP contribution in [0.3, 0.4) is 0 Å². The van der Waals surface area contributed by atoms with E-state index >= 15 is 0 Å². The quantitative estimate of drug-likeness (QED) is 0.554. The number of hydrogen-bond donors (Lipinski definition) is 0. The highest BCUT2D eigenvalue weighted by molar-refractivity contribution is 5.71. The first-order valence-corrected chi connectivity index (χ1v) is 3.47. The van der Waals surface area contributed by atoms with Gasteiger partial charge in [0.1, 0.15) is 13.2 Å². The van der Waals surface area contributed by atoms with Crippen molar-refractivity contribution in [1.82, 2.24) is 0 Å². The van der Waals surface area contributed by atoms with Gasteiger partial charge >= 0.3 is 5.97 Å². The van der Waals surface area contributed by atoms with Gasteiger partial charge in [-0.1, -0.05) is 13.8 Å². The van der Waals surface area contributed by atoms with Crippen LogP contribution in [0, 0.1) is 5.92 Å². The summed E-state index contributed by atoms with van der Waals surface area (Å²) in [5, 5.41) is 9.87. The summed E-state index contributed by atoms with van der Waals surface area (Å²) >= 11 is 0. The molecule has 0 rings (SSSR count). The van der Waals surface area contributed by atoms with Gasteiger partial charge in [-0.25, -0.2) is 5.11 Å². The summed E-state index contributed by atoms with van der Waals surface area (Å²) in [6, 6.07) is 0. The molecule has 0 aliphatic heterocycles. The minimum Gasteiger partial charge on any atom is -0.463 e. The van der Waals surface area contributed by atoms with Crippen LogP contribution in [0.2, 0.25) is 0 Å². The third-order valence-corrected chi connectivity index (χ3v) is 1.34. The SMILES string of the molecule is CCC(C)C(=O)OCC[O]. The fourth-order valence-corrected chi connectivity index (χ4v) is 0.451. The Balaban J connectivity index is 3.42. The van der Waals surface area contributed by atoms with Crippen LogP contribution >= 0.6 is 0 Å².